The first kappa shape index (κ1) is 16.9. The number of ether oxygens (including phenoxy) is 1. The van der Waals surface area contributed by atoms with Gasteiger partial charge in [0.1, 0.15) is 5.75 Å². The highest BCUT2D eigenvalue weighted by atomic mass is 16.5. The van der Waals surface area contributed by atoms with E-state index < -0.39 is 0 Å². The van der Waals surface area contributed by atoms with Gasteiger partial charge in [0.15, 0.2) is 0 Å². The Kier molecular flexibility index (Phi) is 6.90. The van der Waals surface area contributed by atoms with Crippen molar-refractivity contribution in [2.24, 2.45) is 11.8 Å². The molecule has 0 radical (unpaired) electrons. The van der Waals surface area contributed by atoms with Crippen molar-refractivity contribution in [3.05, 3.63) is 24.3 Å². The minimum atomic E-state index is 0.201. The average molecular weight is 277 g/mol. The molecule has 0 atom stereocenters. The van der Waals surface area contributed by atoms with E-state index in [4.69, 9.17) is 4.74 Å². The average Bonchev–Trinajstić information content (AvgIpc) is 2.29. The second-order valence-electron chi connectivity index (χ2n) is 6.76. The first-order chi connectivity index (χ1) is 9.38. The molecule has 1 N–H and O–H groups in total. The predicted octanol–water partition coefficient (Wildman–Crippen LogP) is 5.35. The third-order valence-corrected chi connectivity index (χ3v) is 3.12. The van der Waals surface area contributed by atoms with E-state index in [1.165, 1.54) is 12.8 Å². The number of anilines is 1. The lowest BCUT2D eigenvalue weighted by atomic mass is 9.95. The van der Waals surface area contributed by atoms with Gasteiger partial charge < -0.3 is 10.1 Å². The number of benzene rings is 1. The van der Waals surface area contributed by atoms with Gasteiger partial charge in [0.2, 0.25) is 0 Å². The zero-order valence-corrected chi connectivity index (χ0v) is 13.9. The smallest absolute Gasteiger partial charge is 0.142 e. The Hall–Kier alpha value is -1.18. The van der Waals surface area contributed by atoms with E-state index >= 15 is 0 Å². The zero-order valence-electron chi connectivity index (χ0n) is 13.9. The number of hydrogen-bond donors (Lipinski definition) is 1. The minimum Gasteiger partial charge on any atom is -0.489 e. The lowest BCUT2D eigenvalue weighted by Crippen LogP contribution is -2.24. The maximum Gasteiger partial charge on any atom is 0.142 e. The van der Waals surface area contributed by atoms with Crippen LogP contribution in [0.3, 0.4) is 0 Å². The van der Waals surface area contributed by atoms with Crippen LogP contribution >= 0.6 is 0 Å². The van der Waals surface area contributed by atoms with Gasteiger partial charge in [0, 0.05) is 6.04 Å². The topological polar surface area (TPSA) is 21.3 Å². The van der Waals surface area contributed by atoms with Crippen LogP contribution in [0.1, 0.15) is 54.4 Å². The predicted molar refractivity (Wildman–Crippen MR) is 88.5 cm³/mol. The summed E-state index contributed by atoms with van der Waals surface area (Å²) in [7, 11) is 0. The third kappa shape index (κ3) is 6.31. The van der Waals surface area contributed by atoms with Crippen molar-refractivity contribution in [3.8, 4) is 5.75 Å². The van der Waals surface area contributed by atoms with Gasteiger partial charge >= 0.3 is 0 Å². The van der Waals surface area contributed by atoms with Gasteiger partial charge in [-0.2, -0.15) is 0 Å². The van der Waals surface area contributed by atoms with Gasteiger partial charge in [-0.3, -0.25) is 0 Å². The number of rotatable bonds is 8. The summed E-state index contributed by atoms with van der Waals surface area (Å²) in [6, 6.07) is 8.77. The quantitative estimate of drug-likeness (QED) is 0.692. The van der Waals surface area contributed by atoms with Crippen LogP contribution in [0.4, 0.5) is 5.69 Å². The number of hydrogen-bond acceptors (Lipinski definition) is 2. The summed E-state index contributed by atoms with van der Waals surface area (Å²) in [6.07, 6.45) is 2.58. The Balaban J connectivity index is 2.81. The Labute approximate surface area is 124 Å². The lowest BCUT2D eigenvalue weighted by Gasteiger charge is -2.25. The van der Waals surface area contributed by atoms with E-state index in [0.29, 0.717) is 17.9 Å². The van der Waals surface area contributed by atoms with Crippen LogP contribution < -0.4 is 10.1 Å². The van der Waals surface area contributed by atoms with E-state index in [0.717, 1.165) is 11.4 Å². The second-order valence-corrected chi connectivity index (χ2v) is 6.76. The molecule has 0 aromatic heterocycles. The normalized spacial score (nSPS) is 11.7. The maximum atomic E-state index is 5.89. The van der Waals surface area contributed by atoms with Crippen LogP contribution in [0.2, 0.25) is 0 Å². The van der Waals surface area contributed by atoms with Gasteiger partial charge in [-0.25, -0.2) is 0 Å². The van der Waals surface area contributed by atoms with Gasteiger partial charge in [-0.15, -0.1) is 0 Å². The highest BCUT2D eigenvalue weighted by Gasteiger charge is 2.15. The summed E-state index contributed by atoms with van der Waals surface area (Å²) < 4.78 is 5.89. The SMILES string of the molecule is CC(C)CC(CC(C)C)Nc1ccccc1OC(C)C. The zero-order chi connectivity index (χ0) is 15.1. The molecule has 0 saturated heterocycles. The molecule has 2 nitrogen and oxygen atoms in total. The maximum absolute atomic E-state index is 5.89. The largest absolute Gasteiger partial charge is 0.489 e. The van der Waals surface area contributed by atoms with E-state index in [2.05, 4.69) is 59.0 Å². The van der Waals surface area contributed by atoms with Crippen LogP contribution in [-0.4, -0.2) is 12.1 Å². The van der Waals surface area contributed by atoms with Crippen molar-refractivity contribution in [2.45, 2.75) is 66.5 Å². The van der Waals surface area contributed by atoms with E-state index in [1.807, 2.05) is 12.1 Å². The van der Waals surface area contributed by atoms with Gasteiger partial charge in [0.25, 0.3) is 0 Å². The molecule has 0 bridgehead atoms. The van der Waals surface area contributed by atoms with Gasteiger partial charge in [-0.1, -0.05) is 39.8 Å². The van der Waals surface area contributed by atoms with Crippen molar-refractivity contribution in [1.29, 1.82) is 0 Å². The molecule has 0 amide bonds. The molecule has 0 aliphatic heterocycles. The Morgan fingerprint density at radius 2 is 1.45 bits per heavy atom. The third-order valence-electron chi connectivity index (χ3n) is 3.12. The lowest BCUT2D eigenvalue weighted by molar-refractivity contribution is 0.243. The Morgan fingerprint density at radius 3 is 1.95 bits per heavy atom. The fourth-order valence-electron chi connectivity index (χ4n) is 2.51. The fourth-order valence-corrected chi connectivity index (χ4v) is 2.51. The molecular formula is C18H31NO. The van der Waals surface area contributed by atoms with Crippen molar-refractivity contribution in [1.82, 2.24) is 0 Å². The van der Waals surface area contributed by atoms with Crippen LogP contribution in [0, 0.1) is 11.8 Å². The van der Waals surface area contributed by atoms with Crippen LogP contribution in [-0.2, 0) is 0 Å². The standard InChI is InChI=1S/C18H31NO/c1-13(2)11-16(12-14(3)4)19-17-9-7-8-10-18(17)20-15(5)6/h7-10,13-16,19H,11-12H2,1-6H3. The second kappa shape index (κ2) is 8.18. The Bertz CT molecular complexity index is 375. The first-order valence-electron chi connectivity index (χ1n) is 7.90. The monoisotopic (exact) mass is 277 g/mol. The molecule has 0 aliphatic carbocycles. The van der Waals surface area contributed by atoms with Crippen LogP contribution in [0.15, 0.2) is 24.3 Å². The molecule has 1 rings (SSSR count). The molecule has 0 heterocycles. The molecule has 1 aromatic carbocycles. The molecule has 0 saturated carbocycles. The summed E-state index contributed by atoms with van der Waals surface area (Å²) in [6.45, 7) is 13.3. The van der Waals surface area contributed by atoms with Crippen LogP contribution in [0.25, 0.3) is 0 Å². The van der Waals surface area contributed by atoms with Crippen molar-refractivity contribution < 1.29 is 4.74 Å². The molecule has 0 spiro atoms. The summed E-state index contributed by atoms with van der Waals surface area (Å²) in [5.74, 6) is 2.36. The van der Waals surface area contributed by atoms with E-state index in [1.54, 1.807) is 0 Å². The van der Waals surface area contributed by atoms with E-state index in [-0.39, 0.29) is 6.10 Å². The molecular weight excluding hydrogens is 246 g/mol. The highest BCUT2D eigenvalue weighted by molar-refractivity contribution is 5.56. The molecule has 0 aliphatic rings. The van der Waals surface area contributed by atoms with Crippen molar-refractivity contribution in [2.75, 3.05) is 5.32 Å². The van der Waals surface area contributed by atoms with Crippen LogP contribution in [0.5, 0.6) is 5.75 Å². The van der Waals surface area contributed by atoms with Gasteiger partial charge in [-0.05, 0) is 50.7 Å². The minimum absolute atomic E-state index is 0.201. The van der Waals surface area contributed by atoms with E-state index in [9.17, 15) is 0 Å². The van der Waals surface area contributed by atoms with Gasteiger partial charge in [0.05, 0.1) is 11.8 Å². The molecule has 1 aromatic rings. The van der Waals surface area contributed by atoms with Crippen molar-refractivity contribution >= 4 is 5.69 Å². The molecule has 0 fully saturated rings. The summed E-state index contributed by atoms with van der Waals surface area (Å²) >= 11 is 0. The fraction of sp³-hybridized carbons (Fsp3) is 0.667. The summed E-state index contributed by atoms with van der Waals surface area (Å²) in [4.78, 5) is 0. The molecule has 0 unspecified atom stereocenters. The highest BCUT2D eigenvalue weighted by Crippen LogP contribution is 2.28. The molecule has 2 heteroatoms. The molecule has 20 heavy (non-hydrogen) atoms. The first-order valence-corrected chi connectivity index (χ1v) is 7.90. The number of nitrogens with one attached hydrogen (secondary N) is 1. The molecule has 114 valence electrons. The Morgan fingerprint density at radius 1 is 0.900 bits per heavy atom. The number of para-hydroxylation sites is 2. The summed E-state index contributed by atoms with van der Waals surface area (Å²) in [5.41, 5.74) is 1.12. The summed E-state index contributed by atoms with van der Waals surface area (Å²) in [5, 5.41) is 3.69. The van der Waals surface area contributed by atoms with Crippen molar-refractivity contribution in [3.63, 3.8) is 0 Å².